The second-order valence-corrected chi connectivity index (χ2v) is 8.18. The highest BCUT2D eigenvalue weighted by atomic mass is 32.2. The van der Waals surface area contributed by atoms with Crippen LogP contribution in [0, 0.1) is 0 Å². The number of anilines is 1. The normalized spacial score (nSPS) is 19.8. The van der Waals surface area contributed by atoms with Crippen LogP contribution in [0.4, 0.5) is 5.69 Å². The van der Waals surface area contributed by atoms with Crippen LogP contribution in [-0.4, -0.2) is 47.8 Å². The first-order chi connectivity index (χ1) is 11.6. The fraction of sp³-hybridized carbons (Fsp3) is 0.286. The summed E-state index contributed by atoms with van der Waals surface area (Å²) in [7, 11) is -3.34. The van der Waals surface area contributed by atoms with E-state index in [0.717, 1.165) is 23.6 Å². The van der Waals surface area contributed by atoms with Crippen molar-refractivity contribution in [3.8, 4) is 0 Å². The number of hydrogen-bond donors (Lipinski definition) is 3. The van der Waals surface area contributed by atoms with Crippen LogP contribution in [0.1, 0.15) is 18.9 Å². The van der Waals surface area contributed by atoms with Crippen LogP contribution in [0.2, 0.25) is 0 Å². The SMILES string of the molecule is C/C(=N\N=C1\NC(=O)[C@H](CC(=O)O)S1)c1ccc(NS(C)(=O)=O)cc1. The van der Waals surface area contributed by atoms with Crippen molar-refractivity contribution in [3.63, 3.8) is 0 Å². The molecule has 9 nitrogen and oxygen atoms in total. The number of aliphatic carboxylic acids is 1. The van der Waals surface area contributed by atoms with E-state index in [4.69, 9.17) is 5.11 Å². The lowest BCUT2D eigenvalue weighted by molar-refractivity contribution is -0.138. The molecule has 0 bridgehead atoms. The number of rotatable bonds is 6. The average molecular weight is 384 g/mol. The van der Waals surface area contributed by atoms with Gasteiger partial charge in [-0.25, -0.2) is 8.42 Å². The minimum Gasteiger partial charge on any atom is -0.481 e. The highest BCUT2D eigenvalue weighted by molar-refractivity contribution is 8.15. The summed E-state index contributed by atoms with van der Waals surface area (Å²) < 4.78 is 24.7. The zero-order valence-electron chi connectivity index (χ0n) is 13.4. The minimum atomic E-state index is -3.34. The quantitative estimate of drug-likeness (QED) is 0.491. The van der Waals surface area contributed by atoms with E-state index in [1.54, 1.807) is 31.2 Å². The van der Waals surface area contributed by atoms with Crippen molar-refractivity contribution >= 4 is 50.2 Å². The van der Waals surface area contributed by atoms with Gasteiger partial charge in [0, 0.05) is 5.69 Å². The van der Waals surface area contributed by atoms with Crippen LogP contribution in [0.25, 0.3) is 0 Å². The lowest BCUT2D eigenvalue weighted by Gasteiger charge is -2.05. The average Bonchev–Trinajstić information content (AvgIpc) is 2.83. The molecule has 1 aliphatic heterocycles. The summed E-state index contributed by atoms with van der Waals surface area (Å²) in [4.78, 5) is 22.3. The molecule has 0 spiro atoms. The third kappa shape index (κ3) is 5.87. The van der Waals surface area contributed by atoms with E-state index in [9.17, 15) is 18.0 Å². The summed E-state index contributed by atoms with van der Waals surface area (Å²) in [5, 5.41) is 18.7. The Labute approximate surface area is 148 Å². The number of carbonyl (C=O) groups excluding carboxylic acids is 1. The molecule has 0 aliphatic carbocycles. The maximum absolute atomic E-state index is 11.6. The number of carboxylic acid groups (broad SMARTS) is 1. The molecule has 1 fully saturated rings. The predicted octanol–water partition coefficient (Wildman–Crippen LogP) is 0.844. The molecule has 11 heteroatoms. The molecule has 1 amide bonds. The van der Waals surface area contributed by atoms with E-state index in [2.05, 4.69) is 20.2 Å². The van der Waals surface area contributed by atoms with Gasteiger partial charge in [-0.3, -0.25) is 14.3 Å². The van der Waals surface area contributed by atoms with Gasteiger partial charge in [0.2, 0.25) is 15.9 Å². The molecule has 0 radical (unpaired) electrons. The van der Waals surface area contributed by atoms with Gasteiger partial charge in [-0.05, 0) is 24.6 Å². The van der Waals surface area contributed by atoms with E-state index in [1.807, 2.05) is 0 Å². The summed E-state index contributed by atoms with van der Waals surface area (Å²) in [5.74, 6) is -1.47. The van der Waals surface area contributed by atoms with Gasteiger partial charge in [0.25, 0.3) is 0 Å². The highest BCUT2D eigenvalue weighted by Crippen LogP contribution is 2.22. The highest BCUT2D eigenvalue weighted by Gasteiger charge is 2.32. The van der Waals surface area contributed by atoms with Crippen molar-refractivity contribution in [2.24, 2.45) is 10.2 Å². The second kappa shape index (κ2) is 7.66. The molecule has 1 aliphatic rings. The van der Waals surface area contributed by atoms with Crippen LogP contribution in [0.15, 0.2) is 34.5 Å². The number of sulfonamides is 1. The molecule has 0 aromatic heterocycles. The summed E-state index contributed by atoms with van der Waals surface area (Å²) in [6.45, 7) is 1.71. The van der Waals surface area contributed by atoms with Gasteiger partial charge >= 0.3 is 5.97 Å². The van der Waals surface area contributed by atoms with E-state index >= 15 is 0 Å². The number of carbonyl (C=O) groups is 2. The molecule has 0 unspecified atom stereocenters. The maximum atomic E-state index is 11.6. The Bertz CT molecular complexity index is 846. The Morgan fingerprint density at radius 1 is 1.36 bits per heavy atom. The summed E-state index contributed by atoms with van der Waals surface area (Å²) in [5.41, 5.74) is 1.70. The van der Waals surface area contributed by atoms with Crippen LogP contribution in [0.5, 0.6) is 0 Å². The van der Waals surface area contributed by atoms with Crippen LogP contribution in [-0.2, 0) is 19.6 Å². The van der Waals surface area contributed by atoms with Gasteiger partial charge < -0.3 is 10.4 Å². The van der Waals surface area contributed by atoms with Crippen molar-refractivity contribution in [1.82, 2.24) is 5.32 Å². The molecule has 3 N–H and O–H groups in total. The molecule has 134 valence electrons. The fourth-order valence-electron chi connectivity index (χ4n) is 1.92. The first-order valence-corrected chi connectivity index (χ1v) is 9.81. The van der Waals surface area contributed by atoms with Gasteiger partial charge in [-0.15, -0.1) is 5.10 Å². The maximum Gasteiger partial charge on any atom is 0.305 e. The molecule has 1 aromatic rings. The summed E-state index contributed by atoms with van der Waals surface area (Å²) >= 11 is 1.02. The number of carboxylic acids is 1. The summed E-state index contributed by atoms with van der Waals surface area (Å²) in [6.07, 6.45) is 0.780. The number of hydrogen-bond acceptors (Lipinski definition) is 7. The van der Waals surface area contributed by atoms with Gasteiger partial charge in [0.1, 0.15) is 5.25 Å². The largest absolute Gasteiger partial charge is 0.481 e. The number of nitrogens with one attached hydrogen (secondary N) is 2. The minimum absolute atomic E-state index is 0.242. The van der Waals surface area contributed by atoms with Gasteiger partial charge in [-0.1, -0.05) is 23.9 Å². The molecular formula is C14H16N4O5S2. The molecular weight excluding hydrogens is 368 g/mol. The lowest BCUT2D eigenvalue weighted by Crippen LogP contribution is -2.26. The van der Waals surface area contributed by atoms with Crippen molar-refractivity contribution in [1.29, 1.82) is 0 Å². The molecule has 1 saturated heterocycles. The Morgan fingerprint density at radius 2 is 2.00 bits per heavy atom. The molecule has 0 saturated carbocycles. The fourth-order valence-corrected chi connectivity index (χ4v) is 3.39. The van der Waals surface area contributed by atoms with Crippen molar-refractivity contribution in [2.75, 3.05) is 11.0 Å². The molecule has 2 rings (SSSR count). The predicted molar refractivity (Wildman–Crippen MR) is 96.3 cm³/mol. The number of amides is 1. The van der Waals surface area contributed by atoms with E-state index < -0.39 is 27.1 Å². The van der Waals surface area contributed by atoms with Crippen LogP contribution >= 0.6 is 11.8 Å². The van der Waals surface area contributed by atoms with Gasteiger partial charge in [-0.2, -0.15) is 5.10 Å². The number of benzene rings is 1. The van der Waals surface area contributed by atoms with Crippen molar-refractivity contribution in [2.45, 2.75) is 18.6 Å². The third-order valence-electron chi connectivity index (χ3n) is 3.03. The number of thioether (sulfide) groups is 1. The first-order valence-electron chi connectivity index (χ1n) is 7.04. The van der Waals surface area contributed by atoms with Gasteiger partial charge in [0.05, 0.1) is 18.4 Å². The molecule has 1 heterocycles. The smallest absolute Gasteiger partial charge is 0.305 e. The third-order valence-corrected chi connectivity index (χ3v) is 4.71. The Morgan fingerprint density at radius 3 is 2.56 bits per heavy atom. The standard InChI is InChI=1S/C14H16N4O5S2/c1-8(9-3-5-10(6-4-9)18-25(2,22)23)16-17-14-15-13(21)11(24-14)7-12(19)20/h3-6,11,18H,7H2,1-2H3,(H,19,20)(H,15,17,21)/b16-8+/t11-/m0/s1. The van der Waals surface area contributed by atoms with Crippen molar-refractivity contribution in [3.05, 3.63) is 29.8 Å². The number of amidine groups is 1. The Balaban J connectivity index is 2.06. The van der Waals surface area contributed by atoms with Gasteiger partial charge in [0.15, 0.2) is 5.17 Å². The van der Waals surface area contributed by atoms with E-state index in [0.29, 0.717) is 11.4 Å². The monoisotopic (exact) mass is 384 g/mol. The molecule has 1 atom stereocenters. The summed E-state index contributed by atoms with van der Waals surface area (Å²) in [6, 6.07) is 6.55. The first kappa shape index (κ1) is 18.9. The zero-order chi connectivity index (χ0) is 18.6. The van der Waals surface area contributed by atoms with Crippen molar-refractivity contribution < 1.29 is 23.1 Å². The molecule has 1 aromatic carbocycles. The Kier molecular flexibility index (Phi) is 5.80. The van der Waals surface area contributed by atoms with E-state index in [-0.39, 0.29) is 11.6 Å². The van der Waals surface area contributed by atoms with Crippen LogP contribution < -0.4 is 10.0 Å². The van der Waals surface area contributed by atoms with E-state index in [1.165, 1.54) is 0 Å². The Hall–Kier alpha value is -2.40. The molecule has 25 heavy (non-hydrogen) atoms. The second-order valence-electron chi connectivity index (χ2n) is 5.24. The topological polar surface area (TPSA) is 137 Å². The van der Waals surface area contributed by atoms with Crippen LogP contribution in [0.3, 0.4) is 0 Å². The zero-order valence-corrected chi connectivity index (χ0v) is 15.0. The number of nitrogens with zero attached hydrogens (tertiary/aromatic N) is 2. The lowest BCUT2D eigenvalue weighted by atomic mass is 10.1.